The van der Waals surface area contributed by atoms with Crippen LogP contribution in [-0.4, -0.2) is 47.3 Å². The summed E-state index contributed by atoms with van der Waals surface area (Å²) in [4.78, 5) is 6.79. The van der Waals surface area contributed by atoms with Crippen LogP contribution in [0.25, 0.3) is 0 Å². The molecular formula is C12H20N4O. The molecule has 0 saturated carbocycles. The lowest BCUT2D eigenvalue weighted by Crippen LogP contribution is -2.44. The monoisotopic (exact) mass is 236 g/mol. The van der Waals surface area contributed by atoms with Gasteiger partial charge in [0.15, 0.2) is 5.82 Å². The zero-order chi connectivity index (χ0) is 11.7. The van der Waals surface area contributed by atoms with Crippen LogP contribution in [0.3, 0.4) is 0 Å². The van der Waals surface area contributed by atoms with Gasteiger partial charge in [0.2, 0.25) is 5.89 Å². The summed E-state index contributed by atoms with van der Waals surface area (Å²) in [5, 5.41) is 7.45. The number of piperidine rings is 1. The van der Waals surface area contributed by atoms with Gasteiger partial charge in [0, 0.05) is 25.6 Å². The van der Waals surface area contributed by atoms with Gasteiger partial charge in [-0.05, 0) is 38.8 Å². The van der Waals surface area contributed by atoms with Crippen molar-refractivity contribution in [3.63, 3.8) is 0 Å². The molecule has 3 rings (SSSR count). The van der Waals surface area contributed by atoms with Crippen molar-refractivity contribution in [3.05, 3.63) is 11.7 Å². The second kappa shape index (κ2) is 4.74. The third kappa shape index (κ3) is 2.50. The molecule has 17 heavy (non-hydrogen) atoms. The lowest BCUT2D eigenvalue weighted by atomic mass is 9.94. The topological polar surface area (TPSA) is 54.2 Å². The number of hydrogen-bond donors (Lipinski definition) is 1. The van der Waals surface area contributed by atoms with E-state index in [0.717, 1.165) is 30.6 Å². The third-order valence-corrected chi connectivity index (χ3v) is 3.95. The molecule has 3 atom stereocenters. The van der Waals surface area contributed by atoms with Gasteiger partial charge < -0.3 is 14.7 Å². The normalized spacial score (nSPS) is 31.9. The van der Waals surface area contributed by atoms with Crippen molar-refractivity contribution >= 4 is 0 Å². The molecule has 2 fully saturated rings. The third-order valence-electron chi connectivity index (χ3n) is 3.95. The van der Waals surface area contributed by atoms with E-state index in [4.69, 9.17) is 4.52 Å². The van der Waals surface area contributed by atoms with Gasteiger partial charge in [0.25, 0.3) is 0 Å². The Morgan fingerprint density at radius 1 is 1.41 bits per heavy atom. The largest absolute Gasteiger partial charge is 0.339 e. The molecule has 5 heteroatoms. The minimum atomic E-state index is 0.692. The van der Waals surface area contributed by atoms with Crippen LogP contribution in [0.15, 0.2) is 4.52 Å². The molecule has 0 aromatic carbocycles. The Morgan fingerprint density at radius 3 is 3.12 bits per heavy atom. The summed E-state index contributed by atoms with van der Waals surface area (Å²) in [7, 11) is 0. The minimum Gasteiger partial charge on any atom is -0.339 e. The van der Waals surface area contributed by atoms with Gasteiger partial charge in [-0.15, -0.1) is 0 Å². The van der Waals surface area contributed by atoms with Crippen molar-refractivity contribution in [2.75, 3.05) is 26.2 Å². The summed E-state index contributed by atoms with van der Waals surface area (Å²) in [6.45, 7) is 6.65. The van der Waals surface area contributed by atoms with Gasteiger partial charge in [-0.3, -0.25) is 0 Å². The molecule has 3 heterocycles. The zero-order valence-electron chi connectivity index (χ0n) is 10.4. The van der Waals surface area contributed by atoms with Crippen molar-refractivity contribution in [1.29, 1.82) is 0 Å². The fraction of sp³-hybridized carbons (Fsp3) is 0.833. The Bertz CT molecular complexity index is 378. The van der Waals surface area contributed by atoms with Crippen LogP contribution in [0.4, 0.5) is 0 Å². The van der Waals surface area contributed by atoms with E-state index < -0.39 is 0 Å². The maximum atomic E-state index is 5.11. The van der Waals surface area contributed by atoms with Gasteiger partial charge >= 0.3 is 0 Å². The zero-order valence-corrected chi connectivity index (χ0v) is 10.4. The van der Waals surface area contributed by atoms with Gasteiger partial charge in [-0.1, -0.05) is 5.16 Å². The lowest BCUT2D eigenvalue weighted by molar-refractivity contribution is 0.221. The van der Waals surface area contributed by atoms with Gasteiger partial charge in [0.05, 0.1) is 0 Å². The summed E-state index contributed by atoms with van der Waals surface area (Å²) in [6.07, 6.45) is 3.48. The van der Waals surface area contributed by atoms with Crippen molar-refractivity contribution in [3.8, 4) is 0 Å². The molecule has 1 aromatic rings. The van der Waals surface area contributed by atoms with E-state index in [9.17, 15) is 0 Å². The highest BCUT2D eigenvalue weighted by atomic mass is 16.5. The van der Waals surface area contributed by atoms with E-state index in [-0.39, 0.29) is 0 Å². The number of fused-ring (bicyclic) bond motifs is 2. The van der Waals surface area contributed by atoms with E-state index >= 15 is 0 Å². The second-order valence-electron chi connectivity index (χ2n) is 5.18. The van der Waals surface area contributed by atoms with E-state index in [2.05, 4.69) is 20.4 Å². The van der Waals surface area contributed by atoms with Crippen LogP contribution in [-0.2, 0) is 6.42 Å². The molecule has 0 amide bonds. The first-order valence-electron chi connectivity index (χ1n) is 6.56. The summed E-state index contributed by atoms with van der Waals surface area (Å²) in [5.74, 6) is 2.33. The van der Waals surface area contributed by atoms with Crippen LogP contribution in [0.1, 0.15) is 24.6 Å². The summed E-state index contributed by atoms with van der Waals surface area (Å²) in [5.41, 5.74) is 0. The lowest BCUT2D eigenvalue weighted by Gasteiger charge is -2.31. The first-order valence-corrected chi connectivity index (χ1v) is 6.56. The Hall–Kier alpha value is -0.940. The van der Waals surface area contributed by atoms with Crippen LogP contribution in [0.5, 0.6) is 0 Å². The van der Waals surface area contributed by atoms with Gasteiger partial charge in [-0.2, -0.15) is 4.98 Å². The first kappa shape index (κ1) is 11.2. The standard InChI is InChI=1S/C12H20N4O/c1-9-14-12(17-15-9)2-5-13-11-4-7-16-6-3-10(11)8-16/h10-11,13H,2-8H2,1H3. The highest BCUT2D eigenvalue weighted by Gasteiger charge is 2.33. The molecule has 2 aliphatic rings. The molecule has 0 spiro atoms. The molecule has 94 valence electrons. The number of hydrogen-bond acceptors (Lipinski definition) is 5. The quantitative estimate of drug-likeness (QED) is 0.830. The highest BCUT2D eigenvalue weighted by Crippen LogP contribution is 2.26. The van der Waals surface area contributed by atoms with Crippen LogP contribution < -0.4 is 5.32 Å². The maximum Gasteiger partial charge on any atom is 0.227 e. The van der Waals surface area contributed by atoms with Crippen molar-refractivity contribution < 1.29 is 4.52 Å². The average Bonchev–Trinajstić information content (AvgIpc) is 2.90. The molecule has 2 aliphatic heterocycles. The Morgan fingerprint density at radius 2 is 2.29 bits per heavy atom. The minimum absolute atomic E-state index is 0.692. The van der Waals surface area contributed by atoms with Crippen LogP contribution in [0, 0.1) is 12.8 Å². The molecule has 3 unspecified atom stereocenters. The Kier molecular flexibility index (Phi) is 3.11. The van der Waals surface area contributed by atoms with E-state index in [1.54, 1.807) is 0 Å². The molecule has 0 aliphatic carbocycles. The average molecular weight is 236 g/mol. The van der Waals surface area contributed by atoms with E-state index in [0.29, 0.717) is 6.04 Å². The van der Waals surface area contributed by atoms with E-state index in [1.807, 2.05) is 6.92 Å². The van der Waals surface area contributed by atoms with Crippen molar-refractivity contribution in [1.82, 2.24) is 20.4 Å². The predicted octanol–water partition coefficient (Wildman–Crippen LogP) is 0.604. The van der Waals surface area contributed by atoms with Gasteiger partial charge in [0.1, 0.15) is 0 Å². The summed E-state index contributed by atoms with van der Waals surface area (Å²) >= 11 is 0. The number of rotatable bonds is 4. The number of nitrogens with one attached hydrogen (secondary N) is 1. The SMILES string of the molecule is Cc1noc(CCNC2CCN3CCC2C3)n1. The summed E-state index contributed by atoms with van der Waals surface area (Å²) in [6, 6.07) is 0.692. The smallest absolute Gasteiger partial charge is 0.227 e. The van der Waals surface area contributed by atoms with Crippen molar-refractivity contribution in [2.24, 2.45) is 5.92 Å². The Balaban J connectivity index is 1.45. The second-order valence-corrected chi connectivity index (χ2v) is 5.18. The Labute approximate surface area is 102 Å². The number of aromatic nitrogens is 2. The van der Waals surface area contributed by atoms with E-state index in [1.165, 1.54) is 32.5 Å². The molecule has 2 saturated heterocycles. The molecule has 5 nitrogen and oxygen atoms in total. The fourth-order valence-corrected chi connectivity index (χ4v) is 3.03. The van der Waals surface area contributed by atoms with Crippen molar-refractivity contribution in [2.45, 2.75) is 32.2 Å². The summed E-state index contributed by atoms with van der Waals surface area (Å²) < 4.78 is 5.11. The van der Waals surface area contributed by atoms with Gasteiger partial charge in [-0.25, -0.2) is 0 Å². The molecule has 2 bridgehead atoms. The highest BCUT2D eigenvalue weighted by molar-refractivity contribution is 4.91. The molecule has 1 N–H and O–H groups in total. The first-order chi connectivity index (χ1) is 8.31. The predicted molar refractivity (Wildman–Crippen MR) is 63.7 cm³/mol. The molecule has 1 aromatic heterocycles. The van der Waals surface area contributed by atoms with Crippen LogP contribution >= 0.6 is 0 Å². The fourth-order valence-electron chi connectivity index (χ4n) is 3.03. The van der Waals surface area contributed by atoms with Crippen LogP contribution in [0.2, 0.25) is 0 Å². The number of nitrogens with zero attached hydrogens (tertiary/aromatic N) is 3. The number of aryl methyl sites for hydroxylation is 1. The molecule has 0 radical (unpaired) electrons. The molecular weight excluding hydrogens is 216 g/mol. The maximum absolute atomic E-state index is 5.11.